The van der Waals surface area contributed by atoms with Gasteiger partial charge in [0.25, 0.3) is 0 Å². The molecule has 1 aromatic rings. The van der Waals surface area contributed by atoms with Crippen molar-refractivity contribution in [1.29, 1.82) is 0 Å². The first-order valence-corrected chi connectivity index (χ1v) is 8.96. The number of anilines is 1. The Kier molecular flexibility index (Phi) is 5.18. The topological polar surface area (TPSA) is 52.6 Å². The second-order valence-electron chi connectivity index (χ2n) is 5.17. The molecule has 2 rings (SSSR count). The summed E-state index contributed by atoms with van der Waals surface area (Å²) in [6.45, 7) is 5.27. The molecule has 0 spiro atoms. The Morgan fingerprint density at radius 1 is 1.24 bits per heavy atom. The molecule has 0 atom stereocenters. The van der Waals surface area contributed by atoms with Gasteiger partial charge in [0.05, 0.1) is 6.26 Å². The molecule has 118 valence electrons. The summed E-state index contributed by atoms with van der Waals surface area (Å²) in [5.41, 5.74) is 1.50. The van der Waals surface area contributed by atoms with Gasteiger partial charge in [-0.2, -0.15) is 4.31 Å². The molecule has 1 saturated heterocycles. The van der Waals surface area contributed by atoms with E-state index in [0.717, 1.165) is 12.2 Å². The number of hydrogen-bond acceptors (Lipinski definition) is 4. The highest BCUT2D eigenvalue weighted by Gasteiger charge is 2.25. The summed E-state index contributed by atoms with van der Waals surface area (Å²) >= 11 is 0. The third-order valence-electron chi connectivity index (χ3n) is 3.69. The summed E-state index contributed by atoms with van der Waals surface area (Å²) in [5, 5.41) is 3.14. The van der Waals surface area contributed by atoms with Crippen molar-refractivity contribution < 1.29 is 12.8 Å². The van der Waals surface area contributed by atoms with Crippen molar-refractivity contribution in [2.24, 2.45) is 0 Å². The minimum Gasteiger partial charge on any atom is -0.369 e. The van der Waals surface area contributed by atoms with E-state index in [1.54, 1.807) is 6.07 Å². The quantitative estimate of drug-likeness (QED) is 0.881. The fourth-order valence-electron chi connectivity index (χ4n) is 2.53. The van der Waals surface area contributed by atoms with Gasteiger partial charge in [-0.1, -0.05) is 13.0 Å². The van der Waals surface area contributed by atoms with Crippen LogP contribution in [0.1, 0.15) is 12.5 Å². The van der Waals surface area contributed by atoms with Gasteiger partial charge in [-0.05, 0) is 18.7 Å². The summed E-state index contributed by atoms with van der Waals surface area (Å²) in [6.07, 6.45) is 1.22. The normalized spacial score (nSPS) is 17.2. The molecule has 1 fully saturated rings. The summed E-state index contributed by atoms with van der Waals surface area (Å²) in [6, 6.07) is 5.05. The summed E-state index contributed by atoms with van der Waals surface area (Å²) in [4.78, 5) is 2.05. The fourth-order valence-corrected chi connectivity index (χ4v) is 3.36. The molecule has 0 unspecified atom stereocenters. The van der Waals surface area contributed by atoms with Crippen LogP contribution in [0, 0.1) is 5.82 Å². The highest BCUT2D eigenvalue weighted by Crippen LogP contribution is 2.24. The molecule has 0 bridgehead atoms. The smallest absolute Gasteiger partial charge is 0.211 e. The molecule has 5 nitrogen and oxygen atoms in total. The third kappa shape index (κ3) is 3.93. The first kappa shape index (κ1) is 16.2. The molecular formula is C14H22FN3O2S. The molecule has 0 radical (unpaired) electrons. The van der Waals surface area contributed by atoms with Gasteiger partial charge >= 0.3 is 0 Å². The standard InChI is InChI=1S/C14H22FN3O2S/c1-3-16-11-12-13(15)5-4-6-14(12)17-7-9-18(10-8-17)21(2,19)20/h4-6,16H,3,7-11H2,1-2H3. The molecule has 7 heteroatoms. The monoisotopic (exact) mass is 315 g/mol. The Balaban J connectivity index is 2.15. The van der Waals surface area contributed by atoms with Gasteiger partial charge in [-0.25, -0.2) is 12.8 Å². The first-order valence-electron chi connectivity index (χ1n) is 7.11. The van der Waals surface area contributed by atoms with Crippen molar-refractivity contribution in [1.82, 2.24) is 9.62 Å². The minimum atomic E-state index is -3.14. The van der Waals surface area contributed by atoms with Crippen LogP contribution >= 0.6 is 0 Å². The Bertz CT molecular complexity index is 584. The van der Waals surface area contributed by atoms with Crippen LogP contribution in [0.15, 0.2) is 18.2 Å². The van der Waals surface area contributed by atoms with Gasteiger partial charge in [0, 0.05) is 44.0 Å². The van der Waals surface area contributed by atoms with Crippen LogP contribution in [0.4, 0.5) is 10.1 Å². The van der Waals surface area contributed by atoms with Gasteiger partial charge in [-0.15, -0.1) is 0 Å². The maximum absolute atomic E-state index is 14.0. The summed E-state index contributed by atoms with van der Waals surface area (Å²) in [7, 11) is -3.14. The van der Waals surface area contributed by atoms with Crippen molar-refractivity contribution in [3.8, 4) is 0 Å². The van der Waals surface area contributed by atoms with Crippen molar-refractivity contribution >= 4 is 15.7 Å². The van der Waals surface area contributed by atoms with E-state index in [1.165, 1.54) is 16.6 Å². The van der Waals surface area contributed by atoms with Crippen LogP contribution < -0.4 is 10.2 Å². The van der Waals surface area contributed by atoms with E-state index in [4.69, 9.17) is 0 Å². The largest absolute Gasteiger partial charge is 0.369 e. The molecule has 0 amide bonds. The number of nitrogens with zero attached hydrogens (tertiary/aromatic N) is 2. The molecule has 1 aliphatic heterocycles. The Morgan fingerprint density at radius 3 is 2.48 bits per heavy atom. The number of halogens is 1. The predicted molar refractivity (Wildman–Crippen MR) is 82.4 cm³/mol. The van der Waals surface area contributed by atoms with E-state index in [0.29, 0.717) is 38.3 Å². The lowest BCUT2D eigenvalue weighted by atomic mass is 10.1. The number of hydrogen-bond donors (Lipinski definition) is 1. The zero-order valence-corrected chi connectivity index (χ0v) is 13.3. The van der Waals surface area contributed by atoms with Crippen LogP contribution in [-0.4, -0.2) is 51.7 Å². The van der Waals surface area contributed by atoms with Crippen molar-refractivity contribution in [2.45, 2.75) is 13.5 Å². The Morgan fingerprint density at radius 2 is 1.90 bits per heavy atom. The van der Waals surface area contributed by atoms with E-state index in [-0.39, 0.29) is 5.82 Å². The van der Waals surface area contributed by atoms with E-state index in [9.17, 15) is 12.8 Å². The average molecular weight is 315 g/mol. The molecule has 0 aromatic heterocycles. The van der Waals surface area contributed by atoms with E-state index >= 15 is 0 Å². The summed E-state index contributed by atoms with van der Waals surface area (Å²) < 4.78 is 38.5. The molecule has 1 aromatic carbocycles. The minimum absolute atomic E-state index is 0.223. The predicted octanol–water partition coefficient (Wildman–Crippen LogP) is 1.02. The number of piperazine rings is 1. The SMILES string of the molecule is CCNCc1c(F)cccc1N1CCN(S(C)(=O)=O)CC1. The molecule has 1 N–H and O–H groups in total. The zero-order valence-electron chi connectivity index (χ0n) is 12.5. The van der Waals surface area contributed by atoms with Crippen molar-refractivity contribution in [2.75, 3.05) is 43.9 Å². The average Bonchev–Trinajstić information content (AvgIpc) is 2.45. The highest BCUT2D eigenvalue weighted by molar-refractivity contribution is 7.88. The van der Waals surface area contributed by atoms with Crippen LogP contribution in [-0.2, 0) is 16.6 Å². The van der Waals surface area contributed by atoms with Crippen molar-refractivity contribution in [3.05, 3.63) is 29.6 Å². The number of sulfonamides is 1. The van der Waals surface area contributed by atoms with Crippen LogP contribution in [0.5, 0.6) is 0 Å². The van der Waals surface area contributed by atoms with Gasteiger partial charge in [0.1, 0.15) is 5.82 Å². The van der Waals surface area contributed by atoms with E-state index < -0.39 is 10.0 Å². The van der Waals surface area contributed by atoms with Crippen LogP contribution in [0.25, 0.3) is 0 Å². The maximum Gasteiger partial charge on any atom is 0.211 e. The molecular weight excluding hydrogens is 293 g/mol. The first-order chi connectivity index (χ1) is 9.93. The Labute approximate surface area is 125 Å². The Hall–Kier alpha value is -1.18. The van der Waals surface area contributed by atoms with E-state index in [1.807, 2.05) is 13.0 Å². The zero-order chi connectivity index (χ0) is 15.5. The molecule has 0 aliphatic carbocycles. The lowest BCUT2D eigenvalue weighted by molar-refractivity contribution is 0.387. The van der Waals surface area contributed by atoms with Crippen LogP contribution in [0.2, 0.25) is 0 Å². The second kappa shape index (κ2) is 6.72. The van der Waals surface area contributed by atoms with Crippen LogP contribution in [0.3, 0.4) is 0 Å². The molecule has 0 saturated carbocycles. The third-order valence-corrected chi connectivity index (χ3v) is 5.00. The van der Waals surface area contributed by atoms with Gasteiger partial charge in [0.2, 0.25) is 10.0 Å². The fraction of sp³-hybridized carbons (Fsp3) is 0.571. The molecule has 21 heavy (non-hydrogen) atoms. The summed E-state index contributed by atoms with van der Waals surface area (Å²) in [5.74, 6) is -0.223. The number of benzene rings is 1. The number of nitrogens with one attached hydrogen (secondary N) is 1. The van der Waals surface area contributed by atoms with E-state index in [2.05, 4.69) is 10.2 Å². The number of rotatable bonds is 5. The lowest BCUT2D eigenvalue weighted by Gasteiger charge is -2.35. The molecule has 1 aliphatic rings. The second-order valence-corrected chi connectivity index (χ2v) is 7.15. The van der Waals surface area contributed by atoms with Gasteiger partial charge in [-0.3, -0.25) is 0 Å². The van der Waals surface area contributed by atoms with Gasteiger partial charge in [0.15, 0.2) is 0 Å². The molecule has 1 heterocycles. The lowest BCUT2D eigenvalue weighted by Crippen LogP contribution is -2.48. The highest BCUT2D eigenvalue weighted by atomic mass is 32.2. The van der Waals surface area contributed by atoms with Gasteiger partial charge < -0.3 is 10.2 Å². The van der Waals surface area contributed by atoms with Crippen molar-refractivity contribution in [3.63, 3.8) is 0 Å². The maximum atomic E-state index is 14.0.